The van der Waals surface area contributed by atoms with Gasteiger partial charge >= 0.3 is 211 Å². The molecule has 3 aromatic rings. The van der Waals surface area contributed by atoms with E-state index in [9.17, 15) is 5.26 Å². The third kappa shape index (κ3) is 5.96. The number of hydrogen-bond donors (Lipinski definition) is 0. The van der Waals surface area contributed by atoms with Gasteiger partial charge in [-0.05, 0) is 0 Å². The molecule has 4 heteroatoms. The molecule has 0 saturated heterocycles. The number of nitrogens with zero attached hydrogens (tertiary/aromatic N) is 2. The van der Waals surface area contributed by atoms with Crippen molar-refractivity contribution in [2.75, 3.05) is 7.11 Å². The Hall–Kier alpha value is -1.93. The molecular formula is C29H38N2OSn. The van der Waals surface area contributed by atoms with Crippen LogP contribution in [-0.4, -0.2) is 32.8 Å². The van der Waals surface area contributed by atoms with E-state index in [2.05, 4.69) is 67.8 Å². The summed E-state index contributed by atoms with van der Waals surface area (Å²) in [5.74, 6) is 0.862. The Balaban J connectivity index is 2.20. The molecule has 1 heterocycles. The Morgan fingerprint density at radius 3 is 1.97 bits per heavy atom. The van der Waals surface area contributed by atoms with Crippen molar-refractivity contribution in [2.24, 2.45) is 0 Å². The zero-order valence-corrected chi connectivity index (χ0v) is 23.6. The van der Waals surface area contributed by atoms with E-state index in [1.165, 1.54) is 61.5 Å². The van der Waals surface area contributed by atoms with Crippen molar-refractivity contribution < 1.29 is 4.74 Å². The minimum absolute atomic E-state index is 0.412. The summed E-state index contributed by atoms with van der Waals surface area (Å²) in [6.45, 7) is 6.93. The fraction of sp³-hybridized carbons (Fsp3) is 0.483. The van der Waals surface area contributed by atoms with E-state index in [0.717, 1.165) is 27.9 Å². The molecule has 0 unspecified atom stereocenters. The fourth-order valence-corrected chi connectivity index (χ4v) is 10.8. The van der Waals surface area contributed by atoms with Crippen LogP contribution in [0.25, 0.3) is 16.6 Å². The van der Waals surface area contributed by atoms with Gasteiger partial charge in [0.05, 0.1) is 0 Å². The first kappa shape index (κ1) is 25.7. The van der Waals surface area contributed by atoms with Gasteiger partial charge in [0.15, 0.2) is 0 Å². The molecular weight excluding hydrogens is 511 g/mol. The van der Waals surface area contributed by atoms with E-state index < -0.39 is 21.1 Å². The van der Waals surface area contributed by atoms with E-state index in [1.54, 1.807) is 7.11 Å². The van der Waals surface area contributed by atoms with Crippen LogP contribution in [0.15, 0.2) is 48.5 Å². The van der Waals surface area contributed by atoms with Gasteiger partial charge in [-0.15, -0.1) is 0 Å². The summed E-state index contributed by atoms with van der Waals surface area (Å²) in [6.07, 6.45) is 11.5. The Morgan fingerprint density at radius 1 is 0.879 bits per heavy atom. The zero-order valence-electron chi connectivity index (χ0n) is 20.8. The topological polar surface area (TPSA) is 38.0 Å². The number of fused-ring (bicyclic) bond motifs is 1. The number of unbranched alkanes of at least 4 members (excludes halogenated alkanes) is 3. The molecule has 1 aromatic heterocycles. The first-order valence-corrected chi connectivity index (χ1v) is 15.4. The molecule has 0 N–H and O–H groups in total. The molecule has 0 bridgehead atoms. The van der Waals surface area contributed by atoms with Crippen LogP contribution in [0.2, 0.25) is 3.43 Å². The normalized spacial score (nSPS) is 11.6. The monoisotopic (exact) mass is 550 g/mol. The molecule has 0 aliphatic heterocycles. The molecule has 0 fully saturated rings. The number of benzene rings is 2. The average Bonchev–Trinajstić information content (AvgIpc) is 3.17. The molecule has 0 amide bonds. The van der Waals surface area contributed by atoms with Gasteiger partial charge in [0.2, 0.25) is 0 Å². The molecule has 0 atom stereocenters. The summed E-state index contributed by atoms with van der Waals surface area (Å²) in [4.78, 5) is 0. The van der Waals surface area contributed by atoms with E-state index in [1.807, 2.05) is 12.1 Å². The first-order valence-electron chi connectivity index (χ1n) is 12.6. The second-order valence-electron chi connectivity index (χ2n) is 9.10. The van der Waals surface area contributed by atoms with Crippen molar-refractivity contribution in [2.45, 2.75) is 82.0 Å². The Bertz CT molecular complexity index is 1040. The maximum atomic E-state index is 10.3. The molecule has 0 aliphatic rings. The molecule has 3 nitrogen and oxygen atoms in total. The molecule has 2 radical (unpaired) electrons. The minimum atomic E-state index is -1.12. The van der Waals surface area contributed by atoms with Crippen LogP contribution < -0.4 is 8.45 Å². The first-order chi connectivity index (χ1) is 16.1. The van der Waals surface area contributed by atoms with Crippen molar-refractivity contribution in [3.05, 3.63) is 54.1 Å². The molecule has 0 saturated carbocycles. The van der Waals surface area contributed by atoms with Gasteiger partial charge in [-0.1, -0.05) is 0 Å². The maximum absolute atomic E-state index is 10.3. The summed E-state index contributed by atoms with van der Waals surface area (Å²) in [5, 5.41) is 11.4. The molecule has 33 heavy (non-hydrogen) atoms. The van der Waals surface area contributed by atoms with Gasteiger partial charge in [0.1, 0.15) is 0 Å². The van der Waals surface area contributed by atoms with Gasteiger partial charge in [-0.3, -0.25) is 0 Å². The van der Waals surface area contributed by atoms with Crippen LogP contribution in [0.4, 0.5) is 0 Å². The average molecular weight is 549 g/mol. The van der Waals surface area contributed by atoms with E-state index in [-0.39, 0.29) is 0 Å². The van der Waals surface area contributed by atoms with E-state index in [4.69, 9.17) is 4.74 Å². The second-order valence-corrected chi connectivity index (χ2v) is 14.2. The molecule has 0 aliphatic carbocycles. The number of para-hydroxylation sites is 1. The van der Waals surface area contributed by atoms with Gasteiger partial charge in [-0.25, -0.2) is 0 Å². The zero-order chi connectivity index (χ0) is 23.7. The quantitative estimate of drug-likeness (QED) is 0.206. The summed E-state index contributed by atoms with van der Waals surface area (Å²) >= 11 is -1.12. The summed E-state index contributed by atoms with van der Waals surface area (Å²) in [7, 11) is 1.71. The Morgan fingerprint density at radius 2 is 1.45 bits per heavy atom. The number of rotatable bonds is 13. The number of methoxy groups -OCH3 is 1. The van der Waals surface area contributed by atoms with Crippen molar-refractivity contribution in [3.63, 3.8) is 0 Å². The van der Waals surface area contributed by atoms with Crippen molar-refractivity contribution in [3.8, 4) is 17.5 Å². The van der Waals surface area contributed by atoms with Gasteiger partial charge in [0.25, 0.3) is 0 Å². The second kappa shape index (κ2) is 12.5. The summed E-state index contributed by atoms with van der Waals surface area (Å²) in [5.41, 5.74) is 3.21. The summed E-state index contributed by atoms with van der Waals surface area (Å²) in [6, 6.07) is 19.4. The third-order valence-electron chi connectivity index (χ3n) is 6.73. The van der Waals surface area contributed by atoms with Crippen molar-refractivity contribution in [1.29, 1.82) is 5.26 Å². The predicted octanol–water partition coefficient (Wildman–Crippen LogP) is 7.57. The van der Waals surface area contributed by atoms with Crippen LogP contribution in [0, 0.1) is 11.3 Å². The number of ether oxygens (including phenoxy) is 1. The van der Waals surface area contributed by atoms with Crippen LogP contribution in [0.1, 0.15) is 84.1 Å². The number of hydrogen-bond acceptors (Lipinski definition) is 2. The molecule has 174 valence electrons. The molecule has 3 rings (SSSR count). The van der Waals surface area contributed by atoms with Crippen molar-refractivity contribution in [1.82, 2.24) is 4.57 Å². The Kier molecular flexibility index (Phi) is 9.74. The fourth-order valence-electron chi connectivity index (χ4n) is 4.83. The predicted molar refractivity (Wildman–Crippen MR) is 141 cm³/mol. The van der Waals surface area contributed by atoms with Crippen LogP contribution >= 0.6 is 0 Å². The van der Waals surface area contributed by atoms with Crippen LogP contribution in [0.5, 0.6) is 5.75 Å². The molecule has 2 aromatic carbocycles. The number of aromatic nitrogens is 1. The van der Waals surface area contributed by atoms with Gasteiger partial charge in [0, 0.05) is 0 Å². The van der Waals surface area contributed by atoms with E-state index >= 15 is 0 Å². The Labute approximate surface area is 210 Å². The number of nitriles is 1. The van der Waals surface area contributed by atoms with Crippen LogP contribution in [-0.2, 0) is 0 Å². The van der Waals surface area contributed by atoms with Gasteiger partial charge < -0.3 is 0 Å². The van der Waals surface area contributed by atoms with Crippen molar-refractivity contribution >= 4 is 35.8 Å². The van der Waals surface area contributed by atoms with Gasteiger partial charge in [-0.2, -0.15) is 0 Å². The van der Waals surface area contributed by atoms with E-state index in [0.29, 0.717) is 3.43 Å². The van der Waals surface area contributed by atoms with Crippen LogP contribution in [0.3, 0.4) is 0 Å². The third-order valence-corrected chi connectivity index (χ3v) is 12.4. The standard InChI is InChI=1S/C16H11N2O.C13H27.Sn/c1-19-14-8-6-13(7-9-14)18-11-12(10-17)15-4-2-3-5-16(15)18;1-4-7-10-13(11-8-5-2)12-9-6-3;/h2-9H,1H3;4-12H2,1-3H3;. The SMILES string of the molecule is CCCC[C](CCCC)(CCCC)[Sn][c]1c(C#N)c2ccccc2n1-c1ccc(OC)cc1. The summed E-state index contributed by atoms with van der Waals surface area (Å²) < 4.78 is 9.58. The molecule has 0 spiro atoms.